The Balaban J connectivity index is 1.47. The van der Waals surface area contributed by atoms with Gasteiger partial charge in [-0.15, -0.1) is 0 Å². The van der Waals surface area contributed by atoms with Crippen molar-refractivity contribution in [1.82, 2.24) is 9.78 Å². The molecule has 7 heteroatoms. The highest BCUT2D eigenvalue weighted by molar-refractivity contribution is 6.35. The van der Waals surface area contributed by atoms with Crippen LogP contribution < -0.4 is 10.1 Å². The fourth-order valence-corrected chi connectivity index (χ4v) is 4.19. The first-order valence-corrected chi connectivity index (χ1v) is 11.6. The van der Waals surface area contributed by atoms with Gasteiger partial charge in [0.25, 0.3) is 5.91 Å². The predicted octanol–water partition coefficient (Wildman–Crippen LogP) is 6.99. The number of rotatable bonds is 7. The first-order valence-electron chi connectivity index (χ1n) is 10.9. The number of carbonyl (C=O) groups is 1. The van der Waals surface area contributed by atoms with Crippen LogP contribution in [-0.2, 0) is 13.2 Å². The average Bonchev–Trinajstić information content (AvgIpc) is 3.07. The maximum atomic E-state index is 13.0. The lowest BCUT2D eigenvalue weighted by Gasteiger charge is -2.11. The third kappa shape index (κ3) is 5.44. The molecule has 0 saturated carbocycles. The Labute approximate surface area is 209 Å². The number of benzene rings is 3. The number of anilines is 1. The van der Waals surface area contributed by atoms with Crippen molar-refractivity contribution in [2.45, 2.75) is 33.9 Å². The van der Waals surface area contributed by atoms with E-state index < -0.39 is 0 Å². The van der Waals surface area contributed by atoms with E-state index in [-0.39, 0.29) is 12.5 Å². The molecule has 4 aromatic rings. The van der Waals surface area contributed by atoms with Crippen LogP contribution in [-0.4, -0.2) is 15.7 Å². The Morgan fingerprint density at radius 3 is 2.56 bits per heavy atom. The molecule has 1 heterocycles. The molecule has 34 heavy (non-hydrogen) atoms. The third-order valence-corrected chi connectivity index (χ3v) is 6.21. The minimum Gasteiger partial charge on any atom is -0.487 e. The van der Waals surface area contributed by atoms with Crippen molar-refractivity contribution in [3.8, 4) is 5.75 Å². The van der Waals surface area contributed by atoms with Crippen LogP contribution in [0.2, 0.25) is 10.0 Å². The lowest BCUT2D eigenvalue weighted by atomic mass is 10.1. The van der Waals surface area contributed by atoms with Crippen LogP contribution in [0.3, 0.4) is 0 Å². The van der Waals surface area contributed by atoms with Gasteiger partial charge in [-0.3, -0.25) is 9.48 Å². The summed E-state index contributed by atoms with van der Waals surface area (Å²) in [6, 6.07) is 20.6. The zero-order chi connectivity index (χ0) is 24.2. The Hall–Kier alpha value is -3.28. The van der Waals surface area contributed by atoms with E-state index >= 15 is 0 Å². The Kier molecular flexibility index (Phi) is 7.25. The van der Waals surface area contributed by atoms with Gasteiger partial charge in [0.05, 0.1) is 28.6 Å². The standard InChI is InChI=1S/C27H25Cl2N3O2/c1-17-7-4-5-9-22(17)15-32-19(3)26(18(2)31-32)30-27(33)21-10-6-8-20(13-21)16-34-25-12-11-23(28)14-24(25)29/h4-14H,15-16H2,1-3H3,(H,30,33). The van der Waals surface area contributed by atoms with Crippen LogP contribution in [0.15, 0.2) is 66.7 Å². The smallest absolute Gasteiger partial charge is 0.255 e. The van der Waals surface area contributed by atoms with Crippen molar-refractivity contribution < 1.29 is 9.53 Å². The minimum atomic E-state index is -0.201. The third-order valence-electron chi connectivity index (χ3n) is 5.68. The normalized spacial score (nSPS) is 10.9. The van der Waals surface area contributed by atoms with Crippen molar-refractivity contribution in [1.29, 1.82) is 0 Å². The van der Waals surface area contributed by atoms with Crippen molar-refractivity contribution in [3.05, 3.63) is 110 Å². The number of nitrogens with zero attached hydrogens (tertiary/aromatic N) is 2. The lowest BCUT2D eigenvalue weighted by Crippen LogP contribution is -2.14. The minimum absolute atomic E-state index is 0.201. The number of aryl methyl sites for hydroxylation is 2. The van der Waals surface area contributed by atoms with E-state index in [1.54, 1.807) is 24.3 Å². The van der Waals surface area contributed by atoms with E-state index in [2.05, 4.69) is 29.5 Å². The van der Waals surface area contributed by atoms with Gasteiger partial charge in [0.15, 0.2) is 0 Å². The molecule has 0 saturated heterocycles. The van der Waals surface area contributed by atoms with E-state index in [1.165, 1.54) is 11.1 Å². The molecule has 4 rings (SSSR count). The van der Waals surface area contributed by atoms with Gasteiger partial charge in [-0.2, -0.15) is 5.10 Å². The number of aromatic nitrogens is 2. The number of amides is 1. The number of hydrogen-bond acceptors (Lipinski definition) is 3. The zero-order valence-electron chi connectivity index (χ0n) is 19.2. The second-order valence-corrected chi connectivity index (χ2v) is 8.99. The summed E-state index contributed by atoms with van der Waals surface area (Å²) in [6.45, 7) is 6.87. The highest BCUT2D eigenvalue weighted by atomic mass is 35.5. The highest BCUT2D eigenvalue weighted by Crippen LogP contribution is 2.28. The van der Waals surface area contributed by atoms with E-state index in [0.717, 1.165) is 22.6 Å². The number of nitrogens with one attached hydrogen (secondary N) is 1. The molecule has 0 radical (unpaired) electrons. The first kappa shape index (κ1) is 23.9. The van der Waals surface area contributed by atoms with E-state index in [1.807, 2.05) is 48.9 Å². The molecular formula is C27H25Cl2N3O2. The fourth-order valence-electron chi connectivity index (χ4n) is 3.72. The Morgan fingerprint density at radius 1 is 1.00 bits per heavy atom. The summed E-state index contributed by atoms with van der Waals surface area (Å²) in [5, 5.41) is 8.67. The molecule has 1 aromatic heterocycles. The Morgan fingerprint density at radius 2 is 1.79 bits per heavy atom. The van der Waals surface area contributed by atoms with Crippen LogP contribution >= 0.6 is 23.2 Å². The predicted molar refractivity (Wildman–Crippen MR) is 137 cm³/mol. The van der Waals surface area contributed by atoms with E-state index in [9.17, 15) is 4.79 Å². The molecular weight excluding hydrogens is 469 g/mol. The SMILES string of the molecule is Cc1ccccc1Cn1nc(C)c(NC(=O)c2cccc(COc3ccc(Cl)cc3Cl)c2)c1C. The monoisotopic (exact) mass is 493 g/mol. The molecule has 1 amide bonds. The van der Waals surface area contributed by atoms with Gasteiger partial charge >= 0.3 is 0 Å². The Bertz CT molecular complexity index is 1350. The summed E-state index contributed by atoms with van der Waals surface area (Å²) >= 11 is 12.1. The van der Waals surface area contributed by atoms with E-state index in [4.69, 9.17) is 27.9 Å². The van der Waals surface area contributed by atoms with Crippen molar-refractivity contribution in [2.75, 3.05) is 5.32 Å². The lowest BCUT2D eigenvalue weighted by molar-refractivity contribution is 0.102. The molecule has 0 aliphatic rings. The van der Waals surface area contributed by atoms with Gasteiger partial charge in [-0.25, -0.2) is 0 Å². The molecule has 0 spiro atoms. The zero-order valence-corrected chi connectivity index (χ0v) is 20.7. The molecule has 174 valence electrons. The van der Waals surface area contributed by atoms with E-state index in [0.29, 0.717) is 27.9 Å². The number of carbonyl (C=O) groups excluding carboxylic acids is 1. The van der Waals surface area contributed by atoms with Crippen molar-refractivity contribution in [3.63, 3.8) is 0 Å². The molecule has 0 unspecified atom stereocenters. The van der Waals surface area contributed by atoms with Gasteiger partial charge in [0.1, 0.15) is 12.4 Å². The van der Waals surface area contributed by atoms with Crippen molar-refractivity contribution >= 4 is 34.8 Å². The summed E-state index contributed by atoms with van der Waals surface area (Å²) in [6.07, 6.45) is 0. The quantitative estimate of drug-likeness (QED) is 0.301. The number of hydrogen-bond donors (Lipinski definition) is 1. The van der Waals surface area contributed by atoms with Gasteiger partial charge in [0.2, 0.25) is 0 Å². The van der Waals surface area contributed by atoms with Crippen LogP contribution in [0.4, 0.5) is 5.69 Å². The molecule has 0 fully saturated rings. The maximum Gasteiger partial charge on any atom is 0.255 e. The molecule has 1 N–H and O–H groups in total. The molecule has 5 nitrogen and oxygen atoms in total. The number of ether oxygens (including phenoxy) is 1. The summed E-state index contributed by atoms with van der Waals surface area (Å²) in [7, 11) is 0. The molecule has 0 aliphatic heterocycles. The second kappa shape index (κ2) is 10.3. The fraction of sp³-hybridized carbons (Fsp3) is 0.185. The topological polar surface area (TPSA) is 56.2 Å². The summed E-state index contributed by atoms with van der Waals surface area (Å²) in [5.74, 6) is 0.334. The van der Waals surface area contributed by atoms with Crippen LogP contribution in [0.5, 0.6) is 5.75 Å². The largest absolute Gasteiger partial charge is 0.487 e. The van der Waals surface area contributed by atoms with Crippen LogP contribution in [0.25, 0.3) is 0 Å². The average molecular weight is 494 g/mol. The summed E-state index contributed by atoms with van der Waals surface area (Å²) < 4.78 is 7.73. The summed E-state index contributed by atoms with van der Waals surface area (Å²) in [5.41, 5.74) is 6.20. The first-order chi connectivity index (χ1) is 16.3. The van der Waals surface area contributed by atoms with Gasteiger partial charge in [-0.1, -0.05) is 59.6 Å². The van der Waals surface area contributed by atoms with Gasteiger partial charge < -0.3 is 10.1 Å². The van der Waals surface area contributed by atoms with Gasteiger partial charge in [0, 0.05) is 10.6 Å². The van der Waals surface area contributed by atoms with Crippen LogP contribution in [0.1, 0.15) is 38.4 Å². The maximum absolute atomic E-state index is 13.0. The molecule has 0 atom stereocenters. The van der Waals surface area contributed by atoms with Crippen LogP contribution in [0, 0.1) is 20.8 Å². The highest BCUT2D eigenvalue weighted by Gasteiger charge is 2.16. The molecule has 3 aromatic carbocycles. The molecule has 0 bridgehead atoms. The molecule has 0 aliphatic carbocycles. The summed E-state index contributed by atoms with van der Waals surface area (Å²) in [4.78, 5) is 13.0. The van der Waals surface area contributed by atoms with Gasteiger partial charge in [-0.05, 0) is 67.8 Å². The number of halogens is 2. The van der Waals surface area contributed by atoms with Crippen molar-refractivity contribution in [2.24, 2.45) is 0 Å². The second-order valence-electron chi connectivity index (χ2n) is 8.15.